The number of nitrogens with one attached hydrogen (secondary N) is 1. The van der Waals surface area contributed by atoms with Crippen LogP contribution in [0.15, 0.2) is 66.9 Å². The lowest BCUT2D eigenvalue weighted by Crippen LogP contribution is -2.23. The van der Waals surface area contributed by atoms with Crippen molar-refractivity contribution in [2.45, 2.75) is 32.9 Å². The first-order valence-corrected chi connectivity index (χ1v) is 10.4. The molecule has 0 saturated heterocycles. The fourth-order valence-electron chi connectivity index (χ4n) is 3.50. The van der Waals surface area contributed by atoms with Gasteiger partial charge in [-0.2, -0.15) is 0 Å². The van der Waals surface area contributed by atoms with Crippen molar-refractivity contribution in [3.63, 3.8) is 0 Å². The minimum Gasteiger partial charge on any atom is -0.346 e. The van der Waals surface area contributed by atoms with Crippen molar-refractivity contribution >= 4 is 28.5 Å². The summed E-state index contributed by atoms with van der Waals surface area (Å²) < 4.78 is 2.18. The summed E-state index contributed by atoms with van der Waals surface area (Å²) in [6.07, 6.45) is 3.59. The van der Waals surface area contributed by atoms with Gasteiger partial charge in [0, 0.05) is 29.7 Å². The van der Waals surface area contributed by atoms with Gasteiger partial charge in [-0.1, -0.05) is 36.7 Å². The lowest BCUT2D eigenvalue weighted by Gasteiger charge is -2.10. The van der Waals surface area contributed by atoms with Crippen LogP contribution < -0.4 is 5.32 Å². The first-order valence-electron chi connectivity index (χ1n) is 10.1. The molecule has 0 aliphatic heterocycles. The molecule has 0 spiro atoms. The summed E-state index contributed by atoms with van der Waals surface area (Å²) in [7, 11) is 0. The Morgan fingerprint density at radius 3 is 2.77 bits per heavy atom. The van der Waals surface area contributed by atoms with Crippen molar-refractivity contribution in [3.05, 3.63) is 94.5 Å². The molecule has 1 amide bonds. The Morgan fingerprint density at radius 1 is 1.10 bits per heavy atom. The van der Waals surface area contributed by atoms with Gasteiger partial charge in [0.25, 0.3) is 5.91 Å². The number of carbonyl (C=O) groups is 1. The van der Waals surface area contributed by atoms with Crippen molar-refractivity contribution in [2.24, 2.45) is 0 Å². The summed E-state index contributed by atoms with van der Waals surface area (Å²) >= 11 is 6.17. The maximum absolute atomic E-state index is 12.7. The van der Waals surface area contributed by atoms with Crippen molar-refractivity contribution in [1.29, 1.82) is 0 Å². The van der Waals surface area contributed by atoms with E-state index in [-0.39, 0.29) is 5.91 Å². The van der Waals surface area contributed by atoms with Gasteiger partial charge < -0.3 is 9.88 Å². The molecule has 6 heteroatoms. The number of imidazole rings is 1. The summed E-state index contributed by atoms with van der Waals surface area (Å²) in [5.41, 5.74) is 4.37. The molecule has 4 aromatic rings. The van der Waals surface area contributed by atoms with E-state index < -0.39 is 0 Å². The van der Waals surface area contributed by atoms with Crippen LogP contribution >= 0.6 is 11.6 Å². The minimum absolute atomic E-state index is 0.130. The second kappa shape index (κ2) is 9.09. The van der Waals surface area contributed by atoms with Crippen LogP contribution in [0.4, 0.5) is 0 Å². The summed E-state index contributed by atoms with van der Waals surface area (Å²) in [6.45, 7) is 3.19. The smallest absolute Gasteiger partial charge is 0.251 e. The number of amides is 1. The number of rotatable bonds is 7. The van der Waals surface area contributed by atoms with Crippen LogP contribution in [0.2, 0.25) is 5.02 Å². The van der Waals surface area contributed by atoms with E-state index >= 15 is 0 Å². The number of benzene rings is 2. The van der Waals surface area contributed by atoms with Gasteiger partial charge in [0.2, 0.25) is 0 Å². The molecule has 2 heterocycles. The van der Waals surface area contributed by atoms with E-state index in [0.717, 1.165) is 41.0 Å². The lowest BCUT2D eigenvalue weighted by atomic mass is 10.1. The number of pyridine rings is 1. The number of aryl methyl sites for hydroxylation is 1. The molecule has 2 aromatic carbocycles. The lowest BCUT2D eigenvalue weighted by molar-refractivity contribution is 0.0950. The zero-order valence-electron chi connectivity index (χ0n) is 16.8. The Labute approximate surface area is 180 Å². The summed E-state index contributed by atoms with van der Waals surface area (Å²) in [5, 5.41) is 3.65. The Kier molecular flexibility index (Phi) is 6.10. The molecule has 0 fully saturated rings. The molecular formula is C24H23ClN4O. The van der Waals surface area contributed by atoms with Crippen LogP contribution in [0.5, 0.6) is 0 Å². The van der Waals surface area contributed by atoms with Crippen molar-refractivity contribution in [1.82, 2.24) is 19.9 Å². The highest BCUT2D eigenvalue weighted by Gasteiger charge is 2.14. The molecule has 0 unspecified atom stereocenters. The maximum Gasteiger partial charge on any atom is 0.251 e. The first kappa shape index (κ1) is 20.1. The highest BCUT2D eigenvalue weighted by atomic mass is 35.5. The molecule has 5 nitrogen and oxygen atoms in total. The molecule has 30 heavy (non-hydrogen) atoms. The second-order valence-electron chi connectivity index (χ2n) is 7.20. The highest BCUT2D eigenvalue weighted by Crippen LogP contribution is 2.22. The summed E-state index contributed by atoms with van der Waals surface area (Å²) in [6, 6.07) is 19.1. The number of hydrogen-bond acceptors (Lipinski definition) is 3. The number of fused-ring (bicyclic) bond motifs is 1. The van der Waals surface area contributed by atoms with Gasteiger partial charge in [0.15, 0.2) is 0 Å². The molecule has 0 atom stereocenters. The average Bonchev–Trinajstić information content (AvgIpc) is 3.09. The van der Waals surface area contributed by atoms with Gasteiger partial charge in [0.1, 0.15) is 5.82 Å². The van der Waals surface area contributed by atoms with E-state index in [1.165, 1.54) is 0 Å². The summed E-state index contributed by atoms with van der Waals surface area (Å²) in [5.74, 6) is 0.883. The zero-order valence-corrected chi connectivity index (χ0v) is 17.6. The number of hydrogen-bond donors (Lipinski definition) is 1. The molecule has 0 aliphatic rings. The maximum atomic E-state index is 12.7. The largest absolute Gasteiger partial charge is 0.346 e. The zero-order chi connectivity index (χ0) is 20.9. The number of carbonyl (C=O) groups excluding carboxylic acids is 1. The molecular weight excluding hydrogens is 396 g/mol. The van der Waals surface area contributed by atoms with Gasteiger partial charge in [-0.3, -0.25) is 9.78 Å². The van der Waals surface area contributed by atoms with Gasteiger partial charge in [-0.15, -0.1) is 0 Å². The van der Waals surface area contributed by atoms with Crippen LogP contribution in [0, 0.1) is 0 Å². The molecule has 2 aromatic heterocycles. The van der Waals surface area contributed by atoms with E-state index in [1.54, 1.807) is 6.20 Å². The van der Waals surface area contributed by atoms with Crippen molar-refractivity contribution in [2.75, 3.05) is 0 Å². The van der Waals surface area contributed by atoms with E-state index in [9.17, 15) is 4.79 Å². The summed E-state index contributed by atoms with van der Waals surface area (Å²) in [4.78, 5) is 21.8. The molecule has 1 N–H and O–H groups in total. The van der Waals surface area contributed by atoms with E-state index in [2.05, 4.69) is 27.9 Å². The van der Waals surface area contributed by atoms with Gasteiger partial charge in [0.05, 0.1) is 23.3 Å². The van der Waals surface area contributed by atoms with E-state index in [0.29, 0.717) is 23.7 Å². The van der Waals surface area contributed by atoms with Crippen LogP contribution in [0.3, 0.4) is 0 Å². The highest BCUT2D eigenvalue weighted by molar-refractivity contribution is 6.30. The number of aromatic nitrogens is 3. The van der Waals surface area contributed by atoms with E-state index in [4.69, 9.17) is 16.6 Å². The molecule has 4 rings (SSSR count). The van der Waals surface area contributed by atoms with Gasteiger partial charge >= 0.3 is 0 Å². The van der Waals surface area contributed by atoms with E-state index in [1.807, 2.05) is 54.6 Å². The quantitative estimate of drug-likeness (QED) is 0.458. The van der Waals surface area contributed by atoms with Crippen LogP contribution in [0.25, 0.3) is 11.0 Å². The third-order valence-corrected chi connectivity index (χ3v) is 5.18. The van der Waals surface area contributed by atoms with Gasteiger partial charge in [-0.05, 0) is 54.4 Å². The monoisotopic (exact) mass is 418 g/mol. The minimum atomic E-state index is -0.130. The molecule has 0 radical (unpaired) electrons. The first-order chi connectivity index (χ1) is 14.6. The molecule has 0 aliphatic carbocycles. The third-order valence-electron chi connectivity index (χ3n) is 4.95. The standard InChI is InChI=1S/C24H23ClN4O/c1-2-6-23-28-21-11-10-18(24(30)27-15-20-9-3-4-12-26-20)14-22(21)29(23)16-17-7-5-8-19(25)13-17/h3-5,7-14H,2,6,15-16H2,1H3,(H,27,30). The average molecular weight is 419 g/mol. The predicted molar refractivity (Wildman–Crippen MR) is 120 cm³/mol. The normalized spacial score (nSPS) is 11.0. The Morgan fingerprint density at radius 2 is 2.00 bits per heavy atom. The van der Waals surface area contributed by atoms with Gasteiger partial charge in [-0.25, -0.2) is 4.98 Å². The second-order valence-corrected chi connectivity index (χ2v) is 7.64. The molecule has 0 bridgehead atoms. The SMILES string of the molecule is CCCc1nc2ccc(C(=O)NCc3ccccn3)cc2n1Cc1cccc(Cl)c1. The molecule has 0 saturated carbocycles. The number of nitrogens with zero attached hydrogens (tertiary/aromatic N) is 3. The van der Waals surface area contributed by atoms with Crippen LogP contribution in [-0.2, 0) is 19.5 Å². The fourth-order valence-corrected chi connectivity index (χ4v) is 3.71. The van der Waals surface area contributed by atoms with Crippen molar-refractivity contribution < 1.29 is 4.79 Å². The topological polar surface area (TPSA) is 59.8 Å². The Hall–Kier alpha value is -3.18. The number of halogens is 1. The fraction of sp³-hybridized carbons (Fsp3) is 0.208. The predicted octanol–water partition coefficient (Wildman–Crippen LogP) is 5.02. The van der Waals surface area contributed by atoms with Crippen molar-refractivity contribution in [3.8, 4) is 0 Å². The van der Waals surface area contributed by atoms with Crippen LogP contribution in [0.1, 0.15) is 40.8 Å². The Bertz CT molecular complexity index is 1170. The molecule has 152 valence electrons. The third kappa shape index (κ3) is 4.52. The van der Waals surface area contributed by atoms with Crippen LogP contribution in [-0.4, -0.2) is 20.4 Å². The Balaban J connectivity index is 1.64.